The molecule has 0 unspecified atom stereocenters. The summed E-state index contributed by atoms with van der Waals surface area (Å²) < 4.78 is 44.5. The molecule has 7 heteroatoms. The van der Waals surface area contributed by atoms with Gasteiger partial charge in [0.2, 0.25) is 0 Å². The molecular weight excluding hydrogens is 415 g/mol. The first-order valence-corrected chi connectivity index (χ1v) is 10.7. The summed E-state index contributed by atoms with van der Waals surface area (Å²) >= 11 is 0. The van der Waals surface area contributed by atoms with Crippen LogP contribution in [0.15, 0.2) is 73.2 Å². The van der Waals surface area contributed by atoms with E-state index in [1.165, 1.54) is 17.8 Å². The fourth-order valence-corrected chi connectivity index (χ4v) is 5.42. The Labute approximate surface area is 185 Å². The van der Waals surface area contributed by atoms with Gasteiger partial charge < -0.3 is 9.64 Å². The Bertz CT molecular complexity index is 1040. The third kappa shape index (κ3) is 4.16. The molecule has 0 radical (unpaired) electrons. The monoisotopic (exact) mass is 439 g/mol. The van der Waals surface area contributed by atoms with Crippen molar-refractivity contribution < 1.29 is 17.9 Å². The first kappa shape index (κ1) is 20.8. The summed E-state index contributed by atoms with van der Waals surface area (Å²) in [4.78, 5) is 9.96. The number of nitrogens with zero attached hydrogens (tertiary/aromatic N) is 3. The minimum absolute atomic E-state index is 0.0311. The van der Waals surface area contributed by atoms with E-state index in [2.05, 4.69) is 20.9 Å². The molecule has 3 aromatic rings. The number of hydrogen-bond donors (Lipinski definition) is 0. The molecule has 2 aromatic heterocycles. The first-order chi connectivity index (χ1) is 15.3. The molecule has 1 aliphatic heterocycles. The van der Waals surface area contributed by atoms with E-state index in [9.17, 15) is 13.2 Å². The van der Waals surface area contributed by atoms with E-state index in [4.69, 9.17) is 4.74 Å². The van der Waals surface area contributed by atoms with Crippen LogP contribution in [0.4, 0.5) is 18.9 Å². The van der Waals surface area contributed by atoms with Crippen molar-refractivity contribution in [1.29, 1.82) is 0 Å². The van der Waals surface area contributed by atoms with Gasteiger partial charge in [0.05, 0.1) is 18.5 Å². The number of rotatable bonds is 6. The minimum Gasteiger partial charge on any atom is -0.493 e. The molecule has 1 aliphatic carbocycles. The Kier molecular flexibility index (Phi) is 5.07. The maximum absolute atomic E-state index is 12.8. The van der Waals surface area contributed by atoms with E-state index in [-0.39, 0.29) is 10.8 Å². The topological polar surface area (TPSA) is 38.2 Å². The summed E-state index contributed by atoms with van der Waals surface area (Å²) in [6, 6.07) is 16.5. The fraction of sp³-hybridized carbons (Fsp3) is 0.360. The molecule has 1 spiro atoms. The van der Waals surface area contributed by atoms with Gasteiger partial charge in [-0.15, -0.1) is 0 Å². The van der Waals surface area contributed by atoms with Crippen LogP contribution < -0.4 is 9.64 Å². The average Bonchev–Trinajstić information content (AvgIpc) is 2.74. The molecule has 0 atom stereocenters. The van der Waals surface area contributed by atoms with Gasteiger partial charge >= 0.3 is 6.18 Å². The van der Waals surface area contributed by atoms with E-state index in [0.717, 1.165) is 49.9 Å². The summed E-state index contributed by atoms with van der Waals surface area (Å²) in [5.41, 5.74) is 1.30. The maximum Gasteiger partial charge on any atom is 0.433 e. The van der Waals surface area contributed by atoms with Gasteiger partial charge in [-0.1, -0.05) is 24.3 Å². The first-order valence-electron chi connectivity index (χ1n) is 10.7. The van der Waals surface area contributed by atoms with E-state index in [1.54, 1.807) is 6.20 Å². The van der Waals surface area contributed by atoms with Crippen molar-refractivity contribution >= 4 is 5.69 Å². The summed E-state index contributed by atoms with van der Waals surface area (Å²) in [7, 11) is 0. The van der Waals surface area contributed by atoms with Crippen LogP contribution in [-0.4, -0.2) is 29.7 Å². The summed E-state index contributed by atoms with van der Waals surface area (Å²) in [5.74, 6) is 0.866. The second-order valence-electron chi connectivity index (χ2n) is 9.25. The van der Waals surface area contributed by atoms with Gasteiger partial charge in [-0.25, -0.2) is 4.98 Å². The number of hydrogen-bond acceptors (Lipinski definition) is 4. The van der Waals surface area contributed by atoms with Crippen LogP contribution in [0.1, 0.15) is 24.1 Å². The van der Waals surface area contributed by atoms with Crippen molar-refractivity contribution in [2.45, 2.75) is 25.4 Å². The minimum atomic E-state index is -4.41. The predicted octanol–water partition coefficient (Wildman–Crippen LogP) is 5.40. The highest BCUT2D eigenvalue weighted by molar-refractivity contribution is 5.49. The van der Waals surface area contributed by atoms with Gasteiger partial charge in [0.15, 0.2) is 0 Å². The quantitative estimate of drug-likeness (QED) is 0.515. The van der Waals surface area contributed by atoms with Crippen molar-refractivity contribution in [3.8, 4) is 5.75 Å². The number of ether oxygens (including phenoxy) is 1. The van der Waals surface area contributed by atoms with Crippen molar-refractivity contribution in [1.82, 2.24) is 9.97 Å². The highest BCUT2D eigenvalue weighted by Gasteiger charge is 2.60. The lowest BCUT2D eigenvalue weighted by molar-refractivity contribution is -0.141. The molecule has 1 saturated carbocycles. The molecule has 5 rings (SSSR count). The van der Waals surface area contributed by atoms with Gasteiger partial charge in [0.1, 0.15) is 11.4 Å². The Morgan fingerprint density at radius 1 is 0.938 bits per heavy atom. The van der Waals surface area contributed by atoms with Gasteiger partial charge in [-0.3, -0.25) is 4.98 Å². The van der Waals surface area contributed by atoms with Gasteiger partial charge in [-0.05, 0) is 55.2 Å². The van der Waals surface area contributed by atoms with E-state index in [0.29, 0.717) is 6.61 Å². The molecular formula is C25H24F3N3O. The lowest BCUT2D eigenvalue weighted by atomic mass is 9.48. The standard InChI is InChI=1S/C25H24F3N3O/c26-25(27,28)22-9-8-20(13-30-22)31-16-24(17-31)14-23(15-24,11-19-5-4-10-29-12-19)18-32-21-6-2-1-3-7-21/h1-10,12-13H,11,14-18H2. The second-order valence-corrected chi connectivity index (χ2v) is 9.25. The normalized spacial score (nSPS) is 18.7. The van der Waals surface area contributed by atoms with Crippen molar-refractivity contribution in [3.05, 3.63) is 84.4 Å². The molecule has 3 heterocycles. The van der Waals surface area contributed by atoms with E-state index < -0.39 is 11.9 Å². The molecule has 2 fully saturated rings. The second kappa shape index (κ2) is 7.80. The Morgan fingerprint density at radius 3 is 2.34 bits per heavy atom. The van der Waals surface area contributed by atoms with E-state index >= 15 is 0 Å². The number of para-hydroxylation sites is 1. The molecule has 1 saturated heterocycles. The van der Waals surface area contributed by atoms with Crippen LogP contribution in [0.5, 0.6) is 5.75 Å². The maximum atomic E-state index is 12.8. The third-order valence-corrected chi connectivity index (χ3v) is 6.55. The number of alkyl halides is 3. The highest BCUT2D eigenvalue weighted by atomic mass is 19.4. The molecule has 0 N–H and O–H groups in total. The van der Waals surface area contributed by atoms with Gasteiger partial charge in [-0.2, -0.15) is 13.2 Å². The number of anilines is 1. The molecule has 1 aromatic carbocycles. The smallest absolute Gasteiger partial charge is 0.433 e. The molecule has 4 nitrogen and oxygen atoms in total. The van der Waals surface area contributed by atoms with Crippen molar-refractivity contribution in [2.75, 3.05) is 24.6 Å². The molecule has 166 valence electrons. The third-order valence-electron chi connectivity index (χ3n) is 6.55. The van der Waals surface area contributed by atoms with Gasteiger partial charge in [0.25, 0.3) is 0 Å². The van der Waals surface area contributed by atoms with Crippen LogP contribution >= 0.6 is 0 Å². The lowest BCUT2D eigenvalue weighted by Crippen LogP contribution is -2.67. The number of aromatic nitrogens is 2. The molecule has 0 amide bonds. The van der Waals surface area contributed by atoms with Crippen molar-refractivity contribution in [3.63, 3.8) is 0 Å². The zero-order chi connectivity index (χ0) is 22.2. The fourth-order valence-electron chi connectivity index (χ4n) is 5.42. The Balaban J connectivity index is 1.24. The van der Waals surface area contributed by atoms with E-state index in [1.807, 2.05) is 42.6 Å². The van der Waals surface area contributed by atoms with Crippen LogP contribution in [-0.2, 0) is 12.6 Å². The Hall–Kier alpha value is -3.09. The lowest BCUT2D eigenvalue weighted by Gasteiger charge is -2.65. The number of halogens is 3. The highest BCUT2D eigenvalue weighted by Crippen LogP contribution is 2.60. The summed E-state index contributed by atoms with van der Waals surface area (Å²) in [6.45, 7) is 2.30. The van der Waals surface area contributed by atoms with Gasteiger partial charge in [0, 0.05) is 36.3 Å². The SMILES string of the molecule is FC(F)(F)c1ccc(N2CC3(C2)CC(COc2ccccc2)(Cc2cccnc2)C3)cn1. The molecule has 0 bridgehead atoms. The van der Waals surface area contributed by atoms with Crippen LogP contribution in [0.3, 0.4) is 0 Å². The zero-order valence-corrected chi connectivity index (χ0v) is 17.6. The van der Waals surface area contributed by atoms with Crippen LogP contribution in [0.25, 0.3) is 0 Å². The summed E-state index contributed by atoms with van der Waals surface area (Å²) in [5, 5.41) is 0. The summed E-state index contributed by atoms with van der Waals surface area (Å²) in [6.07, 6.45) is 3.55. The number of pyridine rings is 2. The van der Waals surface area contributed by atoms with Crippen LogP contribution in [0.2, 0.25) is 0 Å². The average molecular weight is 439 g/mol. The molecule has 2 aliphatic rings. The number of benzene rings is 1. The zero-order valence-electron chi connectivity index (χ0n) is 17.6. The largest absolute Gasteiger partial charge is 0.493 e. The Morgan fingerprint density at radius 2 is 1.72 bits per heavy atom. The predicted molar refractivity (Wildman–Crippen MR) is 115 cm³/mol. The van der Waals surface area contributed by atoms with Crippen LogP contribution in [0, 0.1) is 10.8 Å². The van der Waals surface area contributed by atoms with Crippen molar-refractivity contribution in [2.24, 2.45) is 10.8 Å². The molecule has 32 heavy (non-hydrogen) atoms.